The van der Waals surface area contributed by atoms with Crippen molar-refractivity contribution in [3.63, 3.8) is 0 Å². The molecule has 2 aromatic carbocycles. The molecule has 6 heteroatoms. The van der Waals surface area contributed by atoms with E-state index in [9.17, 15) is 13.2 Å². The van der Waals surface area contributed by atoms with E-state index in [0.717, 1.165) is 18.4 Å². The molecule has 0 bridgehead atoms. The van der Waals surface area contributed by atoms with Gasteiger partial charge >= 0.3 is 0 Å². The minimum absolute atomic E-state index is 0.0706. The number of hydrogen-bond acceptors (Lipinski definition) is 3. The molecule has 152 valence electrons. The van der Waals surface area contributed by atoms with Crippen molar-refractivity contribution in [2.24, 2.45) is 5.92 Å². The predicted octanol–water partition coefficient (Wildman–Crippen LogP) is 5.83. The van der Waals surface area contributed by atoms with E-state index >= 15 is 0 Å². The van der Waals surface area contributed by atoms with Crippen LogP contribution in [0.5, 0.6) is 5.75 Å². The summed E-state index contributed by atoms with van der Waals surface area (Å²) in [6.07, 6.45) is 1.86. The summed E-state index contributed by atoms with van der Waals surface area (Å²) in [7, 11) is 0. The summed E-state index contributed by atoms with van der Waals surface area (Å²) in [6, 6.07) is 9.65. The third kappa shape index (κ3) is 5.06. The molecular formula is C22H25F3O3. The Balaban J connectivity index is 1.68. The standard InChI is InChI=1S/C22H25F3O3/c1-2-4-15-13-27-22(28-14-15)17-7-5-16(6-8-17)18-11-19(24)21(20(25)12-18)26-10-3-9-23/h5-8,11-12,15,22H,2-4,9-10,13-14H2,1H3. The minimum atomic E-state index is -0.807. The van der Waals surface area contributed by atoms with Crippen molar-refractivity contribution in [3.05, 3.63) is 53.6 Å². The maximum atomic E-state index is 14.2. The van der Waals surface area contributed by atoms with Gasteiger partial charge in [-0.25, -0.2) is 8.78 Å². The highest BCUT2D eigenvalue weighted by molar-refractivity contribution is 5.65. The molecule has 1 aliphatic rings. The molecule has 1 heterocycles. The second-order valence-corrected chi connectivity index (χ2v) is 6.94. The van der Waals surface area contributed by atoms with Gasteiger partial charge in [-0.2, -0.15) is 0 Å². The first-order valence-corrected chi connectivity index (χ1v) is 9.63. The Labute approximate surface area is 163 Å². The maximum Gasteiger partial charge on any atom is 0.190 e. The van der Waals surface area contributed by atoms with Crippen molar-refractivity contribution in [1.82, 2.24) is 0 Å². The highest BCUT2D eigenvalue weighted by atomic mass is 19.1. The van der Waals surface area contributed by atoms with Crippen molar-refractivity contribution in [2.75, 3.05) is 26.5 Å². The van der Waals surface area contributed by atoms with Crippen molar-refractivity contribution in [2.45, 2.75) is 32.5 Å². The van der Waals surface area contributed by atoms with E-state index in [1.165, 1.54) is 12.1 Å². The van der Waals surface area contributed by atoms with Crippen LogP contribution in [0, 0.1) is 17.6 Å². The maximum absolute atomic E-state index is 14.2. The third-order valence-electron chi connectivity index (χ3n) is 4.70. The molecule has 3 nitrogen and oxygen atoms in total. The van der Waals surface area contributed by atoms with Gasteiger partial charge in [0, 0.05) is 17.9 Å². The lowest BCUT2D eigenvalue weighted by atomic mass is 10.0. The molecule has 0 saturated carbocycles. The number of halogens is 3. The van der Waals surface area contributed by atoms with Crippen LogP contribution in [0.25, 0.3) is 11.1 Å². The molecule has 0 amide bonds. The fourth-order valence-corrected chi connectivity index (χ4v) is 3.24. The summed E-state index contributed by atoms with van der Waals surface area (Å²) in [5.74, 6) is -1.66. The molecule has 2 aromatic rings. The highest BCUT2D eigenvalue weighted by Crippen LogP contribution is 2.31. The average Bonchev–Trinajstić information content (AvgIpc) is 2.71. The SMILES string of the molecule is CCCC1COC(c2ccc(-c3cc(F)c(OCCCF)c(F)c3)cc2)OC1. The van der Waals surface area contributed by atoms with Crippen molar-refractivity contribution in [3.8, 4) is 16.9 Å². The zero-order chi connectivity index (χ0) is 19.9. The zero-order valence-corrected chi connectivity index (χ0v) is 15.9. The first-order valence-electron chi connectivity index (χ1n) is 9.63. The van der Waals surface area contributed by atoms with E-state index in [1.54, 1.807) is 12.1 Å². The van der Waals surface area contributed by atoms with Gasteiger partial charge in [0.25, 0.3) is 0 Å². The zero-order valence-electron chi connectivity index (χ0n) is 15.9. The number of benzene rings is 2. The Morgan fingerprint density at radius 1 is 1.00 bits per heavy atom. The average molecular weight is 394 g/mol. The Bertz CT molecular complexity index is 733. The molecule has 0 radical (unpaired) electrons. The molecule has 0 spiro atoms. The van der Waals surface area contributed by atoms with E-state index in [1.807, 2.05) is 12.1 Å². The van der Waals surface area contributed by atoms with E-state index < -0.39 is 30.3 Å². The molecule has 0 atom stereocenters. The van der Waals surface area contributed by atoms with Crippen LogP contribution < -0.4 is 4.74 Å². The van der Waals surface area contributed by atoms with Gasteiger partial charge in [0.05, 0.1) is 26.5 Å². The topological polar surface area (TPSA) is 27.7 Å². The summed E-state index contributed by atoms with van der Waals surface area (Å²) in [4.78, 5) is 0. The second kappa shape index (κ2) is 9.94. The van der Waals surface area contributed by atoms with Crippen molar-refractivity contribution < 1.29 is 27.4 Å². The highest BCUT2D eigenvalue weighted by Gasteiger charge is 2.23. The van der Waals surface area contributed by atoms with Gasteiger partial charge in [-0.1, -0.05) is 37.6 Å². The van der Waals surface area contributed by atoms with Crippen molar-refractivity contribution in [1.29, 1.82) is 0 Å². The molecule has 1 fully saturated rings. The largest absolute Gasteiger partial charge is 0.488 e. The molecular weight excluding hydrogens is 369 g/mol. The van der Waals surface area contributed by atoms with Crippen LogP contribution in [0.2, 0.25) is 0 Å². The van der Waals surface area contributed by atoms with Crippen LogP contribution in [0.15, 0.2) is 36.4 Å². The van der Waals surface area contributed by atoms with Gasteiger partial charge in [-0.05, 0) is 29.7 Å². The molecule has 0 aliphatic carbocycles. The number of alkyl halides is 1. The smallest absolute Gasteiger partial charge is 0.190 e. The van der Waals surface area contributed by atoms with Crippen LogP contribution in [0.4, 0.5) is 13.2 Å². The van der Waals surface area contributed by atoms with Gasteiger partial charge in [0.1, 0.15) is 0 Å². The molecule has 1 saturated heterocycles. The van der Waals surface area contributed by atoms with E-state index in [0.29, 0.717) is 30.3 Å². The minimum Gasteiger partial charge on any atom is -0.488 e. The lowest BCUT2D eigenvalue weighted by molar-refractivity contribution is -0.206. The Morgan fingerprint density at radius 2 is 1.64 bits per heavy atom. The van der Waals surface area contributed by atoms with E-state index in [-0.39, 0.29) is 13.0 Å². The quantitative estimate of drug-likeness (QED) is 0.527. The Hall–Kier alpha value is -2.05. The van der Waals surface area contributed by atoms with Gasteiger partial charge in [-0.15, -0.1) is 0 Å². The molecule has 3 rings (SSSR count). The number of hydrogen-bond donors (Lipinski definition) is 0. The van der Waals surface area contributed by atoms with Crippen LogP contribution in [0.3, 0.4) is 0 Å². The second-order valence-electron chi connectivity index (χ2n) is 6.94. The normalized spacial score (nSPS) is 19.6. The first-order chi connectivity index (χ1) is 13.6. The van der Waals surface area contributed by atoms with Crippen LogP contribution in [-0.2, 0) is 9.47 Å². The fourth-order valence-electron chi connectivity index (χ4n) is 3.24. The van der Waals surface area contributed by atoms with Crippen LogP contribution >= 0.6 is 0 Å². The number of rotatable bonds is 8. The molecule has 28 heavy (non-hydrogen) atoms. The third-order valence-corrected chi connectivity index (χ3v) is 4.70. The fraction of sp³-hybridized carbons (Fsp3) is 0.455. The summed E-state index contributed by atoms with van der Waals surface area (Å²) in [5.41, 5.74) is 1.93. The summed E-state index contributed by atoms with van der Waals surface area (Å²) in [6.45, 7) is 2.81. The summed E-state index contributed by atoms with van der Waals surface area (Å²) in [5, 5.41) is 0. The van der Waals surface area contributed by atoms with Gasteiger partial charge in [-0.3, -0.25) is 4.39 Å². The monoisotopic (exact) mass is 394 g/mol. The molecule has 0 unspecified atom stereocenters. The summed E-state index contributed by atoms with van der Waals surface area (Å²) >= 11 is 0. The molecule has 0 aromatic heterocycles. The Kier molecular flexibility index (Phi) is 7.34. The summed E-state index contributed by atoms with van der Waals surface area (Å²) < 4.78 is 57.1. The van der Waals surface area contributed by atoms with Crippen LogP contribution in [-0.4, -0.2) is 26.5 Å². The van der Waals surface area contributed by atoms with Crippen LogP contribution in [0.1, 0.15) is 38.0 Å². The lowest BCUT2D eigenvalue weighted by Crippen LogP contribution is -2.26. The van der Waals surface area contributed by atoms with E-state index in [2.05, 4.69) is 6.92 Å². The van der Waals surface area contributed by atoms with Gasteiger partial charge in [0.2, 0.25) is 0 Å². The molecule has 0 N–H and O–H groups in total. The molecule has 1 aliphatic heterocycles. The lowest BCUT2D eigenvalue weighted by Gasteiger charge is -2.29. The van der Waals surface area contributed by atoms with E-state index in [4.69, 9.17) is 14.2 Å². The number of ether oxygens (including phenoxy) is 3. The Morgan fingerprint density at radius 3 is 2.21 bits per heavy atom. The van der Waals surface area contributed by atoms with Crippen molar-refractivity contribution >= 4 is 0 Å². The predicted molar refractivity (Wildman–Crippen MR) is 101 cm³/mol. The van der Waals surface area contributed by atoms with Gasteiger partial charge < -0.3 is 14.2 Å². The first kappa shape index (κ1) is 20.7. The van der Waals surface area contributed by atoms with Gasteiger partial charge in [0.15, 0.2) is 23.7 Å².